The first kappa shape index (κ1) is 14.8. The molecule has 7 heteroatoms. The minimum absolute atomic E-state index is 0.0251. The number of nitrogens with one attached hydrogen (secondary N) is 1. The van der Waals surface area contributed by atoms with E-state index in [1.54, 1.807) is 14.0 Å². The Kier molecular flexibility index (Phi) is 3.95. The molecule has 0 saturated heterocycles. The number of nitrogens with zero attached hydrogens (tertiary/aromatic N) is 2. The molecule has 0 unspecified atom stereocenters. The molecular weight excluding hydrogens is 252 g/mol. The maximum Gasteiger partial charge on any atom is 0.233 e. The number of anilines is 2. The second kappa shape index (κ2) is 4.79. The molecule has 104 valence electrons. The third-order valence-electron chi connectivity index (χ3n) is 2.64. The number of rotatable bonds is 4. The summed E-state index contributed by atoms with van der Waals surface area (Å²) < 4.78 is 27.8. The average Bonchev–Trinajstić information content (AvgIpc) is 2.41. The lowest BCUT2D eigenvalue weighted by molar-refractivity contribution is 0.397. The molecule has 0 aliphatic carbocycles. The van der Waals surface area contributed by atoms with Crippen LogP contribution >= 0.6 is 0 Å². The first-order valence-electron chi connectivity index (χ1n) is 5.81. The summed E-state index contributed by atoms with van der Waals surface area (Å²) in [5.74, 6) is 0.404. The summed E-state index contributed by atoms with van der Waals surface area (Å²) in [5, 5.41) is 4.07. The molecule has 0 aliphatic rings. The van der Waals surface area contributed by atoms with E-state index >= 15 is 0 Å². The van der Waals surface area contributed by atoms with E-state index in [-0.39, 0.29) is 11.2 Å². The fourth-order valence-corrected chi connectivity index (χ4v) is 2.95. The molecular formula is C11H22N4O2S. The maximum absolute atomic E-state index is 12.0. The van der Waals surface area contributed by atoms with E-state index in [0.29, 0.717) is 23.6 Å². The Morgan fingerprint density at radius 2 is 1.94 bits per heavy atom. The molecule has 6 nitrogen and oxygen atoms in total. The smallest absolute Gasteiger partial charge is 0.233 e. The van der Waals surface area contributed by atoms with Gasteiger partial charge in [-0.3, -0.25) is 4.72 Å². The van der Waals surface area contributed by atoms with Crippen LogP contribution in [-0.2, 0) is 17.1 Å². The van der Waals surface area contributed by atoms with Crippen molar-refractivity contribution in [2.45, 2.75) is 34.1 Å². The zero-order valence-electron chi connectivity index (χ0n) is 11.6. The predicted molar refractivity (Wildman–Crippen MR) is 73.8 cm³/mol. The monoisotopic (exact) mass is 274 g/mol. The van der Waals surface area contributed by atoms with E-state index in [2.05, 4.69) is 9.82 Å². The van der Waals surface area contributed by atoms with Gasteiger partial charge in [0.2, 0.25) is 10.0 Å². The summed E-state index contributed by atoms with van der Waals surface area (Å²) >= 11 is 0. The van der Waals surface area contributed by atoms with Gasteiger partial charge in [0.15, 0.2) is 5.82 Å². The number of hydrogen-bond acceptors (Lipinski definition) is 4. The second-order valence-corrected chi connectivity index (χ2v) is 7.54. The quantitative estimate of drug-likeness (QED) is 0.870. The van der Waals surface area contributed by atoms with Crippen LogP contribution in [0.5, 0.6) is 0 Å². The maximum atomic E-state index is 12.0. The number of nitrogen functional groups attached to an aromatic ring is 1. The normalized spacial score (nSPS) is 12.7. The first-order chi connectivity index (χ1) is 8.02. The lowest BCUT2D eigenvalue weighted by atomic mass is 9.94. The van der Waals surface area contributed by atoms with Crippen LogP contribution in [0.3, 0.4) is 0 Å². The minimum atomic E-state index is -3.39. The highest BCUT2D eigenvalue weighted by Crippen LogP contribution is 2.24. The van der Waals surface area contributed by atoms with Gasteiger partial charge in [0, 0.05) is 7.05 Å². The summed E-state index contributed by atoms with van der Waals surface area (Å²) in [5.41, 5.74) is 6.75. The highest BCUT2D eigenvalue weighted by molar-refractivity contribution is 7.92. The Labute approximate surface area is 109 Å². The molecule has 0 atom stereocenters. The van der Waals surface area contributed by atoms with Crippen LogP contribution < -0.4 is 10.5 Å². The van der Waals surface area contributed by atoms with Gasteiger partial charge in [0.25, 0.3) is 0 Å². The van der Waals surface area contributed by atoms with Gasteiger partial charge in [0.05, 0.1) is 17.1 Å². The summed E-state index contributed by atoms with van der Waals surface area (Å²) in [6.07, 6.45) is 0.582. The van der Waals surface area contributed by atoms with Crippen LogP contribution in [0.1, 0.15) is 32.9 Å². The number of aromatic nitrogens is 2. The Hall–Kier alpha value is -1.24. The molecule has 0 aliphatic heterocycles. The Morgan fingerprint density at radius 1 is 1.39 bits per heavy atom. The zero-order valence-corrected chi connectivity index (χ0v) is 12.4. The second-order valence-electron chi connectivity index (χ2n) is 5.70. The van der Waals surface area contributed by atoms with E-state index in [4.69, 9.17) is 5.73 Å². The molecule has 0 saturated carbocycles. The van der Waals surface area contributed by atoms with Crippen molar-refractivity contribution in [1.82, 2.24) is 9.78 Å². The molecule has 0 radical (unpaired) electrons. The van der Waals surface area contributed by atoms with Gasteiger partial charge in [-0.1, -0.05) is 20.8 Å². The van der Waals surface area contributed by atoms with E-state index in [1.807, 2.05) is 20.8 Å². The van der Waals surface area contributed by atoms with E-state index < -0.39 is 10.0 Å². The van der Waals surface area contributed by atoms with Crippen LogP contribution in [0, 0.1) is 12.3 Å². The van der Waals surface area contributed by atoms with Crippen LogP contribution in [0.2, 0.25) is 0 Å². The molecule has 1 heterocycles. The Balaban J connectivity index is 2.83. The summed E-state index contributed by atoms with van der Waals surface area (Å²) in [4.78, 5) is 0. The number of sulfonamides is 1. The number of aryl methyl sites for hydroxylation is 2. The van der Waals surface area contributed by atoms with Gasteiger partial charge in [-0.05, 0) is 18.8 Å². The van der Waals surface area contributed by atoms with Crippen LogP contribution in [0.25, 0.3) is 0 Å². The highest BCUT2D eigenvalue weighted by Gasteiger charge is 2.20. The minimum Gasteiger partial charge on any atom is -0.394 e. The standard InChI is InChI=1S/C11H22N4O2S/c1-8-9(12)10(15(5)13-8)14-18(16,17)7-6-11(2,3)4/h14H,6-7,12H2,1-5H3. The number of hydrogen-bond donors (Lipinski definition) is 2. The van der Waals surface area contributed by atoms with Gasteiger partial charge in [-0.15, -0.1) is 0 Å². The van der Waals surface area contributed by atoms with Crippen molar-refractivity contribution < 1.29 is 8.42 Å². The van der Waals surface area contributed by atoms with Crippen molar-refractivity contribution in [1.29, 1.82) is 0 Å². The molecule has 18 heavy (non-hydrogen) atoms. The summed E-state index contributed by atoms with van der Waals surface area (Å²) in [7, 11) is -1.73. The molecule has 0 aromatic carbocycles. The molecule has 0 fully saturated rings. The SMILES string of the molecule is Cc1nn(C)c(NS(=O)(=O)CCC(C)(C)C)c1N. The lowest BCUT2D eigenvalue weighted by Crippen LogP contribution is -2.22. The predicted octanol–water partition coefficient (Wildman–Crippen LogP) is 1.49. The molecule has 0 amide bonds. The van der Waals surface area contributed by atoms with Crippen molar-refractivity contribution in [3.8, 4) is 0 Å². The average molecular weight is 274 g/mol. The fourth-order valence-electron chi connectivity index (χ4n) is 1.43. The number of nitrogens with two attached hydrogens (primary N) is 1. The summed E-state index contributed by atoms with van der Waals surface area (Å²) in [6.45, 7) is 7.75. The van der Waals surface area contributed by atoms with Crippen molar-refractivity contribution in [3.05, 3.63) is 5.69 Å². The molecule has 0 bridgehead atoms. The topological polar surface area (TPSA) is 90.0 Å². The molecule has 1 aromatic rings. The molecule has 0 spiro atoms. The first-order valence-corrected chi connectivity index (χ1v) is 7.47. The Bertz CT molecular complexity index is 526. The van der Waals surface area contributed by atoms with Gasteiger partial charge in [-0.2, -0.15) is 5.10 Å². The van der Waals surface area contributed by atoms with Gasteiger partial charge in [0.1, 0.15) is 0 Å². The van der Waals surface area contributed by atoms with E-state index in [0.717, 1.165) is 0 Å². The largest absolute Gasteiger partial charge is 0.394 e. The van der Waals surface area contributed by atoms with Crippen molar-refractivity contribution >= 4 is 21.5 Å². The highest BCUT2D eigenvalue weighted by atomic mass is 32.2. The van der Waals surface area contributed by atoms with Crippen molar-refractivity contribution in [2.75, 3.05) is 16.2 Å². The van der Waals surface area contributed by atoms with Crippen molar-refractivity contribution in [3.63, 3.8) is 0 Å². The van der Waals surface area contributed by atoms with E-state index in [1.165, 1.54) is 4.68 Å². The fraction of sp³-hybridized carbons (Fsp3) is 0.727. The Morgan fingerprint density at radius 3 is 2.33 bits per heavy atom. The molecule has 3 N–H and O–H groups in total. The molecule has 1 rings (SSSR count). The van der Waals surface area contributed by atoms with Gasteiger partial charge in [-0.25, -0.2) is 13.1 Å². The van der Waals surface area contributed by atoms with E-state index in [9.17, 15) is 8.42 Å². The lowest BCUT2D eigenvalue weighted by Gasteiger charge is -2.18. The summed E-state index contributed by atoms with van der Waals surface area (Å²) in [6, 6.07) is 0. The van der Waals surface area contributed by atoms with Crippen LogP contribution in [0.4, 0.5) is 11.5 Å². The van der Waals surface area contributed by atoms with Crippen LogP contribution in [0.15, 0.2) is 0 Å². The van der Waals surface area contributed by atoms with Gasteiger partial charge < -0.3 is 5.73 Å². The van der Waals surface area contributed by atoms with Crippen molar-refractivity contribution in [2.24, 2.45) is 12.5 Å². The molecule has 1 aromatic heterocycles. The zero-order chi connectivity index (χ0) is 14.1. The van der Waals surface area contributed by atoms with Gasteiger partial charge >= 0.3 is 0 Å². The van der Waals surface area contributed by atoms with Crippen LogP contribution in [-0.4, -0.2) is 24.0 Å². The third-order valence-corrected chi connectivity index (χ3v) is 3.89. The third kappa shape index (κ3) is 3.90.